The lowest BCUT2D eigenvalue weighted by molar-refractivity contribution is -0.116. The minimum atomic E-state index is -1.69. The van der Waals surface area contributed by atoms with E-state index < -0.39 is 46.9 Å². The third-order valence-corrected chi connectivity index (χ3v) is 10.0. The van der Waals surface area contributed by atoms with Crippen molar-refractivity contribution in [2.45, 2.75) is 57.0 Å². The Kier molecular flexibility index (Phi) is 18.1. The summed E-state index contributed by atoms with van der Waals surface area (Å²) in [5.74, 6) is -3.55. The first kappa shape index (κ1) is 46.8. The van der Waals surface area contributed by atoms with E-state index in [1.807, 2.05) is 20.8 Å². The van der Waals surface area contributed by atoms with Gasteiger partial charge in [-0.25, -0.2) is 13.6 Å². The molecular formula is C42H51Cl2F2N3O9. The molecule has 1 saturated heterocycles. The normalized spacial score (nSPS) is 19.1. The molecule has 16 heteroatoms. The Morgan fingerprint density at radius 1 is 0.914 bits per heavy atom. The largest absolute Gasteiger partial charge is 0.495 e. The molecule has 0 aromatic heterocycles. The molecule has 3 N–H and O–H groups in total. The highest BCUT2D eigenvalue weighted by Crippen LogP contribution is 2.53. The number of rotatable bonds is 22. The van der Waals surface area contributed by atoms with Gasteiger partial charge in [0.05, 0.1) is 88.9 Å². The predicted octanol–water partition coefficient (Wildman–Crippen LogP) is 6.85. The Hall–Kier alpha value is -3.91. The van der Waals surface area contributed by atoms with Gasteiger partial charge in [0.1, 0.15) is 29.4 Å². The molecule has 1 heterocycles. The van der Waals surface area contributed by atoms with Crippen molar-refractivity contribution in [2.75, 3.05) is 78.5 Å². The minimum absolute atomic E-state index is 0.0142. The van der Waals surface area contributed by atoms with Crippen molar-refractivity contribution in [2.24, 2.45) is 5.41 Å². The second-order valence-electron chi connectivity index (χ2n) is 14.8. The molecule has 4 atom stereocenters. The van der Waals surface area contributed by atoms with Gasteiger partial charge in [-0.3, -0.25) is 4.79 Å². The first-order chi connectivity index (χ1) is 27.7. The van der Waals surface area contributed by atoms with Crippen LogP contribution in [0.3, 0.4) is 0 Å². The fourth-order valence-electron chi connectivity index (χ4n) is 7.07. The number of nitriles is 1. The fraction of sp³-hybridized carbons (Fsp3) is 0.500. The molecule has 3 aromatic rings. The molecule has 1 aliphatic rings. The van der Waals surface area contributed by atoms with Crippen LogP contribution in [-0.2, 0) is 33.9 Å². The first-order valence-corrected chi connectivity index (χ1v) is 19.6. The number of ether oxygens (including phenoxy) is 6. The summed E-state index contributed by atoms with van der Waals surface area (Å²) in [5.41, 5.74) is -1.56. The van der Waals surface area contributed by atoms with Crippen LogP contribution < -0.4 is 15.4 Å². The molecule has 4 rings (SSSR count). The maximum atomic E-state index is 16.0. The molecule has 1 amide bonds. The Morgan fingerprint density at radius 3 is 2.14 bits per heavy atom. The van der Waals surface area contributed by atoms with Crippen molar-refractivity contribution in [1.82, 2.24) is 5.32 Å². The Bertz CT molecular complexity index is 1880. The zero-order valence-corrected chi connectivity index (χ0v) is 34.6. The standard InChI is InChI=1S/C42H51Cl2F2N3O9/c1-41(2,3)25-36-42(26-47,30-10-9-28(43)23-32(30)45)38(29-6-5-7-31(44)39(29)46)34(48-36)24-37(51)49-33-11-8-27(22-35(33)53-4)40(52)58-21-20-57-19-18-56-17-16-55-15-14-54-13-12-50/h5-11,22-23,34,36,38,48,50H,12-21,24-25H2,1-4H3,(H,49,51). The van der Waals surface area contributed by atoms with Gasteiger partial charge in [-0.15, -0.1) is 0 Å². The van der Waals surface area contributed by atoms with E-state index in [2.05, 4.69) is 16.7 Å². The number of aliphatic hydroxyl groups excluding tert-OH is 1. The molecule has 0 radical (unpaired) electrons. The Morgan fingerprint density at radius 2 is 1.55 bits per heavy atom. The van der Waals surface area contributed by atoms with Crippen LogP contribution in [0.15, 0.2) is 54.6 Å². The predicted molar refractivity (Wildman–Crippen MR) is 215 cm³/mol. The number of anilines is 1. The zero-order valence-electron chi connectivity index (χ0n) is 33.1. The maximum absolute atomic E-state index is 16.0. The van der Waals surface area contributed by atoms with Crippen LogP contribution in [0, 0.1) is 28.4 Å². The van der Waals surface area contributed by atoms with Gasteiger partial charge in [0.15, 0.2) is 0 Å². The number of amides is 1. The summed E-state index contributed by atoms with van der Waals surface area (Å²) in [6.07, 6.45) is 0.107. The monoisotopic (exact) mass is 849 g/mol. The smallest absolute Gasteiger partial charge is 0.338 e. The van der Waals surface area contributed by atoms with Gasteiger partial charge in [0.2, 0.25) is 5.91 Å². The van der Waals surface area contributed by atoms with Crippen LogP contribution in [0.5, 0.6) is 5.75 Å². The Labute approximate surface area is 348 Å². The summed E-state index contributed by atoms with van der Waals surface area (Å²) in [5, 5.41) is 25.9. The Balaban J connectivity index is 1.42. The number of halogens is 4. The molecule has 58 heavy (non-hydrogen) atoms. The molecule has 0 bridgehead atoms. The average Bonchev–Trinajstić information content (AvgIpc) is 3.46. The van der Waals surface area contributed by atoms with Crippen molar-refractivity contribution in [1.29, 1.82) is 5.26 Å². The molecule has 0 saturated carbocycles. The van der Waals surface area contributed by atoms with E-state index in [0.717, 1.165) is 6.07 Å². The third-order valence-electron chi connectivity index (χ3n) is 9.48. The second-order valence-corrected chi connectivity index (χ2v) is 15.6. The first-order valence-electron chi connectivity index (χ1n) is 18.9. The third kappa shape index (κ3) is 12.5. The molecule has 1 aliphatic heterocycles. The van der Waals surface area contributed by atoms with E-state index in [4.69, 9.17) is 56.7 Å². The number of esters is 1. The van der Waals surface area contributed by atoms with Gasteiger partial charge in [-0.1, -0.05) is 62.2 Å². The van der Waals surface area contributed by atoms with Gasteiger partial charge in [0.25, 0.3) is 0 Å². The number of methoxy groups -OCH3 is 1. The molecule has 0 spiro atoms. The number of hydrogen-bond donors (Lipinski definition) is 3. The van der Waals surface area contributed by atoms with Crippen LogP contribution in [0.25, 0.3) is 0 Å². The van der Waals surface area contributed by atoms with Crippen LogP contribution in [0.1, 0.15) is 61.0 Å². The van der Waals surface area contributed by atoms with Crippen LogP contribution in [0.4, 0.5) is 14.5 Å². The van der Waals surface area contributed by atoms with Crippen LogP contribution >= 0.6 is 23.2 Å². The number of aliphatic hydroxyl groups is 1. The average molecular weight is 851 g/mol. The highest BCUT2D eigenvalue weighted by atomic mass is 35.5. The van der Waals surface area contributed by atoms with E-state index in [9.17, 15) is 14.9 Å². The topological polar surface area (TPSA) is 158 Å². The van der Waals surface area contributed by atoms with Gasteiger partial charge < -0.3 is 44.2 Å². The van der Waals surface area contributed by atoms with Crippen molar-refractivity contribution in [3.8, 4) is 11.8 Å². The van der Waals surface area contributed by atoms with E-state index in [-0.39, 0.29) is 83.0 Å². The number of hydrogen-bond acceptors (Lipinski definition) is 11. The number of carbonyl (C=O) groups is 2. The molecule has 4 unspecified atom stereocenters. The summed E-state index contributed by atoms with van der Waals surface area (Å²) < 4.78 is 64.1. The highest BCUT2D eigenvalue weighted by Gasteiger charge is 2.59. The quantitative estimate of drug-likeness (QED) is 0.0718. The van der Waals surface area contributed by atoms with Crippen LogP contribution in [0.2, 0.25) is 10.0 Å². The van der Waals surface area contributed by atoms with Crippen molar-refractivity contribution < 1.29 is 51.9 Å². The van der Waals surface area contributed by atoms with Crippen molar-refractivity contribution in [3.63, 3.8) is 0 Å². The number of benzene rings is 3. The van der Waals surface area contributed by atoms with E-state index in [1.165, 1.54) is 49.6 Å². The second kappa shape index (κ2) is 22.5. The number of carbonyl (C=O) groups excluding carboxylic acids is 2. The van der Waals surface area contributed by atoms with Crippen molar-refractivity contribution >= 4 is 40.8 Å². The van der Waals surface area contributed by atoms with Gasteiger partial charge in [-0.2, -0.15) is 5.26 Å². The highest BCUT2D eigenvalue weighted by molar-refractivity contribution is 6.31. The summed E-state index contributed by atoms with van der Waals surface area (Å²) >= 11 is 12.4. The summed E-state index contributed by atoms with van der Waals surface area (Å²) in [4.78, 5) is 26.7. The number of nitrogens with zero attached hydrogens (tertiary/aromatic N) is 1. The maximum Gasteiger partial charge on any atom is 0.338 e. The summed E-state index contributed by atoms with van der Waals surface area (Å²) in [6.45, 7) is 8.48. The van der Waals surface area contributed by atoms with E-state index in [0.29, 0.717) is 39.5 Å². The van der Waals surface area contributed by atoms with Crippen molar-refractivity contribution in [3.05, 3.63) is 93.0 Å². The molecule has 0 aliphatic carbocycles. The summed E-state index contributed by atoms with van der Waals surface area (Å²) in [7, 11) is 1.38. The SMILES string of the molecule is COc1cc(C(=O)OCCOCCOCCOCCOCCO)ccc1NC(=O)CC1NC(CC(C)(C)C)C(C#N)(c2ccc(Cl)cc2F)C1c1cccc(Cl)c1F. The lowest BCUT2D eigenvalue weighted by Gasteiger charge is -2.37. The molecule has 316 valence electrons. The molecular weight excluding hydrogens is 799 g/mol. The minimum Gasteiger partial charge on any atom is -0.495 e. The molecule has 3 aromatic carbocycles. The van der Waals surface area contributed by atoms with Gasteiger partial charge in [0, 0.05) is 35.0 Å². The lowest BCUT2D eigenvalue weighted by atomic mass is 9.62. The molecule has 12 nitrogen and oxygen atoms in total. The number of nitrogens with one attached hydrogen (secondary N) is 2. The van der Waals surface area contributed by atoms with Crippen LogP contribution in [-0.4, -0.2) is 102 Å². The van der Waals surface area contributed by atoms with Gasteiger partial charge in [-0.05, 0) is 53.8 Å². The molecule has 1 fully saturated rings. The zero-order chi connectivity index (χ0) is 42.3. The van der Waals surface area contributed by atoms with Gasteiger partial charge >= 0.3 is 5.97 Å². The van der Waals surface area contributed by atoms with E-state index in [1.54, 1.807) is 6.07 Å². The lowest BCUT2D eigenvalue weighted by Crippen LogP contribution is -2.44. The summed E-state index contributed by atoms with van der Waals surface area (Å²) in [6, 6.07) is 13.6. The van der Waals surface area contributed by atoms with E-state index >= 15 is 8.78 Å². The fourth-order valence-corrected chi connectivity index (χ4v) is 7.41.